The van der Waals surface area contributed by atoms with Crippen LogP contribution in [0.4, 0.5) is 5.69 Å². The summed E-state index contributed by atoms with van der Waals surface area (Å²) in [5.74, 6) is 1.27. The van der Waals surface area contributed by atoms with Gasteiger partial charge in [0, 0.05) is 29.4 Å². The van der Waals surface area contributed by atoms with Gasteiger partial charge in [-0.3, -0.25) is 4.79 Å². The van der Waals surface area contributed by atoms with Crippen LogP contribution in [0.1, 0.15) is 51.2 Å². The number of nitrogens with zero attached hydrogens (tertiary/aromatic N) is 3. The van der Waals surface area contributed by atoms with Crippen molar-refractivity contribution in [2.45, 2.75) is 49.9 Å². The third-order valence-corrected chi connectivity index (χ3v) is 8.23. The van der Waals surface area contributed by atoms with Gasteiger partial charge in [-0.15, -0.1) is 11.3 Å². The zero-order valence-corrected chi connectivity index (χ0v) is 21.3. The van der Waals surface area contributed by atoms with Crippen LogP contribution >= 0.6 is 23.1 Å². The first kappa shape index (κ1) is 23.6. The zero-order valence-electron chi connectivity index (χ0n) is 19.7. The molecule has 1 aliphatic rings. The lowest BCUT2D eigenvalue weighted by Gasteiger charge is -2.47. The molecule has 1 atom stereocenters. The molecule has 0 bridgehead atoms. The van der Waals surface area contributed by atoms with Crippen molar-refractivity contribution in [2.75, 3.05) is 24.3 Å². The molecule has 6 nitrogen and oxygen atoms in total. The predicted octanol–water partition coefficient (Wildman–Crippen LogP) is 5.66. The van der Waals surface area contributed by atoms with Gasteiger partial charge < -0.3 is 9.64 Å². The minimum Gasteiger partial charge on any atom is -0.496 e. The number of anilines is 1. The molecule has 0 aliphatic carbocycles. The first-order chi connectivity index (χ1) is 15.8. The molecule has 1 N–H and O–H groups in total. The smallest absolute Gasteiger partial charge is 0.250 e. The van der Waals surface area contributed by atoms with Crippen molar-refractivity contribution in [1.82, 2.24) is 10.4 Å². The number of thiazole rings is 1. The Bertz CT molecular complexity index is 1160. The summed E-state index contributed by atoms with van der Waals surface area (Å²) in [5.41, 5.74) is 7.05. The molecule has 0 radical (unpaired) electrons. The molecule has 1 aromatic heterocycles. The summed E-state index contributed by atoms with van der Waals surface area (Å²) in [6.45, 7) is 9.97. The summed E-state index contributed by atoms with van der Waals surface area (Å²) >= 11 is 3.01. The molecule has 0 saturated heterocycles. The Balaban J connectivity index is 1.44. The maximum Gasteiger partial charge on any atom is 0.250 e. The van der Waals surface area contributed by atoms with Gasteiger partial charge in [-0.1, -0.05) is 30.8 Å². The topological polar surface area (TPSA) is 66.8 Å². The number of nitrogens with one attached hydrogen (secondary N) is 1. The van der Waals surface area contributed by atoms with E-state index in [2.05, 4.69) is 60.2 Å². The van der Waals surface area contributed by atoms with Gasteiger partial charge in [0.1, 0.15) is 5.75 Å². The fraction of sp³-hybridized carbons (Fsp3) is 0.400. The Kier molecular flexibility index (Phi) is 6.95. The van der Waals surface area contributed by atoms with Gasteiger partial charge in [0.05, 0.1) is 29.3 Å². The van der Waals surface area contributed by atoms with Crippen LogP contribution < -0.4 is 15.1 Å². The number of thioether (sulfide) groups is 1. The predicted molar refractivity (Wildman–Crippen MR) is 139 cm³/mol. The molecule has 2 aromatic carbocycles. The van der Waals surface area contributed by atoms with Gasteiger partial charge in [0.2, 0.25) is 0 Å². The molecule has 2 heterocycles. The Hall–Kier alpha value is -2.58. The van der Waals surface area contributed by atoms with Crippen molar-refractivity contribution < 1.29 is 9.53 Å². The fourth-order valence-corrected chi connectivity index (χ4v) is 6.51. The molecular formula is C25H30N4O2S2. The largest absolute Gasteiger partial charge is 0.496 e. The second-order valence-corrected chi connectivity index (χ2v) is 11.1. The molecule has 1 amide bonds. The minimum absolute atomic E-state index is 0.0939. The Labute approximate surface area is 203 Å². The molecule has 3 aromatic rings. The number of fused-ring (bicyclic) bond motifs is 2. The van der Waals surface area contributed by atoms with Crippen LogP contribution in [-0.2, 0) is 4.79 Å². The monoisotopic (exact) mass is 482 g/mol. The van der Waals surface area contributed by atoms with Gasteiger partial charge in [-0.05, 0) is 56.9 Å². The van der Waals surface area contributed by atoms with Gasteiger partial charge in [-0.25, -0.2) is 10.4 Å². The first-order valence-corrected chi connectivity index (χ1v) is 12.9. The number of benzene rings is 2. The zero-order chi connectivity index (χ0) is 23.6. The maximum atomic E-state index is 12.3. The van der Waals surface area contributed by atoms with Crippen molar-refractivity contribution in [2.24, 2.45) is 5.10 Å². The van der Waals surface area contributed by atoms with Crippen LogP contribution in [0.15, 0.2) is 45.8 Å². The molecule has 1 unspecified atom stereocenters. The van der Waals surface area contributed by atoms with E-state index < -0.39 is 0 Å². The second kappa shape index (κ2) is 9.73. The van der Waals surface area contributed by atoms with Crippen LogP contribution in [0.25, 0.3) is 10.2 Å². The highest BCUT2D eigenvalue weighted by Gasteiger charge is 2.36. The number of aromatic nitrogens is 1. The Morgan fingerprint density at radius 3 is 2.91 bits per heavy atom. The summed E-state index contributed by atoms with van der Waals surface area (Å²) in [6.07, 6.45) is 2.75. The van der Waals surface area contributed by atoms with Crippen LogP contribution in [0.3, 0.4) is 0 Å². The Morgan fingerprint density at radius 2 is 2.18 bits per heavy atom. The number of ether oxygens (including phenoxy) is 1. The Morgan fingerprint density at radius 1 is 1.39 bits per heavy atom. The van der Waals surface area contributed by atoms with Crippen molar-refractivity contribution in [3.63, 3.8) is 0 Å². The average Bonchev–Trinajstić information content (AvgIpc) is 3.20. The van der Waals surface area contributed by atoms with E-state index in [1.54, 1.807) is 24.7 Å². The first-order valence-electron chi connectivity index (χ1n) is 11.1. The summed E-state index contributed by atoms with van der Waals surface area (Å²) < 4.78 is 7.66. The van der Waals surface area contributed by atoms with E-state index in [9.17, 15) is 4.79 Å². The SMILES string of the molecule is CCN1c2cc(OC)c(/C=N/NC(=O)CSc3nc4ccccc4s3)cc2C(C)CC1(C)C. The minimum atomic E-state index is -0.167. The molecular weight excluding hydrogens is 452 g/mol. The van der Waals surface area contributed by atoms with Crippen molar-refractivity contribution in [1.29, 1.82) is 0 Å². The van der Waals surface area contributed by atoms with Crippen LogP contribution in [-0.4, -0.2) is 42.1 Å². The number of carbonyl (C=O) groups excluding carboxylic acids is 1. The van der Waals surface area contributed by atoms with Crippen molar-refractivity contribution in [3.05, 3.63) is 47.5 Å². The van der Waals surface area contributed by atoms with Gasteiger partial charge >= 0.3 is 0 Å². The number of hydrazone groups is 1. The van der Waals surface area contributed by atoms with E-state index in [4.69, 9.17) is 4.74 Å². The number of methoxy groups -OCH3 is 1. The van der Waals surface area contributed by atoms with E-state index in [0.29, 0.717) is 5.92 Å². The number of para-hydroxylation sites is 1. The molecule has 174 valence electrons. The summed E-state index contributed by atoms with van der Waals surface area (Å²) in [6, 6.07) is 12.2. The quantitative estimate of drug-likeness (QED) is 0.267. The van der Waals surface area contributed by atoms with Crippen molar-refractivity contribution >= 4 is 51.1 Å². The van der Waals surface area contributed by atoms with E-state index >= 15 is 0 Å². The molecule has 4 rings (SSSR count). The van der Waals surface area contributed by atoms with Gasteiger partial charge in [0.15, 0.2) is 4.34 Å². The molecule has 0 spiro atoms. The van der Waals surface area contributed by atoms with E-state index in [0.717, 1.165) is 38.8 Å². The average molecular weight is 483 g/mol. The second-order valence-electron chi connectivity index (χ2n) is 8.84. The summed E-state index contributed by atoms with van der Waals surface area (Å²) in [5, 5.41) is 4.20. The van der Waals surface area contributed by atoms with E-state index in [1.165, 1.54) is 23.0 Å². The lowest BCUT2D eigenvalue weighted by Crippen LogP contribution is -2.48. The lowest BCUT2D eigenvalue weighted by molar-refractivity contribution is -0.118. The molecule has 0 fully saturated rings. The maximum absolute atomic E-state index is 12.3. The number of hydrogen-bond acceptors (Lipinski definition) is 7. The third kappa shape index (κ3) is 5.01. The lowest BCUT2D eigenvalue weighted by atomic mass is 9.79. The normalized spacial score (nSPS) is 17.4. The highest BCUT2D eigenvalue weighted by Crippen LogP contribution is 2.45. The molecule has 8 heteroatoms. The van der Waals surface area contributed by atoms with E-state index in [1.807, 2.05) is 24.3 Å². The number of rotatable bonds is 7. The highest BCUT2D eigenvalue weighted by atomic mass is 32.2. The van der Waals surface area contributed by atoms with Crippen molar-refractivity contribution in [3.8, 4) is 5.75 Å². The van der Waals surface area contributed by atoms with Crippen LogP contribution in [0.2, 0.25) is 0 Å². The third-order valence-electron chi connectivity index (χ3n) is 6.05. The summed E-state index contributed by atoms with van der Waals surface area (Å²) in [7, 11) is 1.67. The number of carbonyl (C=O) groups is 1. The molecule has 33 heavy (non-hydrogen) atoms. The standard InChI is InChI=1S/C25H30N4O2S2/c1-6-29-20-12-21(31-5)17(11-18(20)16(2)13-25(29,3)4)14-26-28-23(30)15-32-24-27-19-9-7-8-10-22(19)33-24/h7-12,14,16H,6,13,15H2,1-5H3,(H,28,30)/b26-14+. The number of amides is 1. The molecule has 0 saturated carbocycles. The fourth-order valence-electron chi connectivity index (χ4n) is 4.65. The van der Waals surface area contributed by atoms with Crippen LogP contribution in [0.5, 0.6) is 5.75 Å². The highest BCUT2D eigenvalue weighted by molar-refractivity contribution is 8.01. The van der Waals surface area contributed by atoms with Crippen LogP contribution in [0, 0.1) is 0 Å². The van der Waals surface area contributed by atoms with Gasteiger partial charge in [-0.2, -0.15) is 5.10 Å². The van der Waals surface area contributed by atoms with Gasteiger partial charge in [0.25, 0.3) is 5.91 Å². The van der Waals surface area contributed by atoms with E-state index in [-0.39, 0.29) is 17.2 Å². The molecule has 1 aliphatic heterocycles. The number of hydrogen-bond donors (Lipinski definition) is 1. The summed E-state index contributed by atoms with van der Waals surface area (Å²) in [4.78, 5) is 19.3.